The summed E-state index contributed by atoms with van der Waals surface area (Å²) in [7, 11) is 0. The number of unbranched alkanes of at least 4 members (excludes halogenated alkanes) is 8. The maximum absolute atomic E-state index is 14.5. The van der Waals surface area contributed by atoms with E-state index in [4.69, 9.17) is 0 Å². The van der Waals surface area contributed by atoms with Gasteiger partial charge < -0.3 is 0 Å². The van der Waals surface area contributed by atoms with Crippen LogP contribution in [-0.4, -0.2) is 74.6 Å². The van der Waals surface area contributed by atoms with E-state index in [1.807, 2.05) is 0 Å². The summed E-state index contributed by atoms with van der Waals surface area (Å²) < 4.78 is 0. The van der Waals surface area contributed by atoms with Crippen LogP contribution >= 0.6 is 0 Å². The lowest BCUT2D eigenvalue weighted by molar-refractivity contribution is -0.135. The smallest absolute Gasteiger partial charge is 0.297 e. The first-order valence-corrected chi connectivity index (χ1v) is 19.2. The number of amides is 3. The van der Waals surface area contributed by atoms with E-state index in [9.17, 15) is 9.59 Å². The van der Waals surface area contributed by atoms with Gasteiger partial charge in [-0.05, 0) is 64.7 Å². The molecule has 43 heavy (non-hydrogen) atoms. The first-order valence-electron chi connectivity index (χ1n) is 19.2. The topological polar surface area (TPSA) is 47.1 Å². The zero-order valence-electron chi connectivity index (χ0n) is 28.2. The Labute approximate surface area is 264 Å². The minimum atomic E-state index is -0.718. The predicted octanol–water partition coefficient (Wildman–Crippen LogP) is 9.22. The normalized spacial score (nSPS) is 26.6. The van der Waals surface area contributed by atoms with Crippen molar-refractivity contribution in [3.63, 3.8) is 0 Å². The van der Waals surface area contributed by atoms with Gasteiger partial charge in [-0.2, -0.15) is 0 Å². The molecule has 246 valence electrons. The fourth-order valence-corrected chi connectivity index (χ4v) is 9.54. The number of carbonyl (C=O) groups excluding carboxylic acids is 2. The first-order chi connectivity index (χ1) is 21.0. The third kappa shape index (κ3) is 8.18. The van der Waals surface area contributed by atoms with Gasteiger partial charge in [0, 0.05) is 24.2 Å². The third-order valence-corrected chi connectivity index (χ3v) is 12.3. The number of carbonyl (C=O) groups is 2. The largest absolute Gasteiger partial charge is 0.329 e. The maximum atomic E-state index is 14.5. The van der Waals surface area contributed by atoms with Gasteiger partial charge in [0.15, 0.2) is 0 Å². The van der Waals surface area contributed by atoms with Gasteiger partial charge in [-0.3, -0.25) is 19.5 Å². The van der Waals surface area contributed by atoms with Crippen molar-refractivity contribution >= 4 is 11.9 Å². The molecule has 5 fully saturated rings. The van der Waals surface area contributed by atoms with Crippen molar-refractivity contribution in [1.29, 1.82) is 0 Å². The van der Waals surface area contributed by atoms with E-state index in [1.54, 1.807) is 4.90 Å². The van der Waals surface area contributed by atoms with Crippen LogP contribution in [0.15, 0.2) is 0 Å². The van der Waals surface area contributed by atoms with Gasteiger partial charge in [-0.1, -0.05) is 116 Å². The first kappa shape index (κ1) is 33.2. The van der Waals surface area contributed by atoms with Crippen LogP contribution in [0, 0.1) is 0 Å². The van der Waals surface area contributed by atoms with Gasteiger partial charge in [-0.15, -0.1) is 0 Å². The molecule has 3 amide bonds. The molecule has 6 heteroatoms. The minimum Gasteiger partial charge on any atom is -0.297 e. The van der Waals surface area contributed by atoms with E-state index < -0.39 is 5.54 Å². The molecular formula is C37H66N4O2. The van der Waals surface area contributed by atoms with Crippen LogP contribution in [0.25, 0.3) is 0 Å². The van der Waals surface area contributed by atoms with Crippen LogP contribution in [0.2, 0.25) is 0 Å². The molecule has 4 aliphatic carbocycles. The molecule has 0 radical (unpaired) electrons. The van der Waals surface area contributed by atoms with E-state index >= 15 is 0 Å². The molecule has 1 aliphatic heterocycles. The quantitative estimate of drug-likeness (QED) is 0.117. The zero-order chi connectivity index (χ0) is 30.1. The van der Waals surface area contributed by atoms with Crippen molar-refractivity contribution in [3.05, 3.63) is 0 Å². The van der Waals surface area contributed by atoms with Crippen LogP contribution in [-0.2, 0) is 4.79 Å². The second kappa shape index (κ2) is 16.4. The molecule has 4 saturated carbocycles. The molecule has 0 bridgehead atoms. The van der Waals surface area contributed by atoms with E-state index in [0.717, 1.165) is 12.8 Å². The Balaban J connectivity index is 1.30. The average Bonchev–Trinajstić information content (AvgIpc) is 3.85. The molecule has 0 aromatic rings. The molecule has 1 saturated heterocycles. The van der Waals surface area contributed by atoms with Gasteiger partial charge in [0.25, 0.3) is 5.91 Å². The molecule has 5 rings (SSSR count). The number of urea groups is 1. The lowest BCUT2D eigenvalue weighted by Crippen LogP contribution is -2.55. The van der Waals surface area contributed by atoms with Gasteiger partial charge in [0.05, 0.1) is 13.3 Å². The predicted molar refractivity (Wildman–Crippen MR) is 177 cm³/mol. The van der Waals surface area contributed by atoms with Crippen molar-refractivity contribution in [1.82, 2.24) is 19.6 Å². The summed E-state index contributed by atoms with van der Waals surface area (Å²) in [5.74, 6) is 0.0934. The van der Waals surface area contributed by atoms with Crippen LogP contribution in [0.3, 0.4) is 0 Å². The molecule has 0 spiro atoms. The van der Waals surface area contributed by atoms with Crippen LogP contribution in [0.4, 0.5) is 4.79 Å². The number of nitrogens with zero attached hydrogens (tertiary/aromatic N) is 4. The van der Waals surface area contributed by atoms with Crippen molar-refractivity contribution in [3.8, 4) is 0 Å². The summed E-state index contributed by atoms with van der Waals surface area (Å²) in [6.45, 7) is 5.58. The summed E-state index contributed by atoms with van der Waals surface area (Å²) in [6, 6.07) is 2.23. The van der Waals surface area contributed by atoms with Crippen molar-refractivity contribution in [2.75, 3.05) is 13.3 Å². The summed E-state index contributed by atoms with van der Waals surface area (Å²) in [5, 5.41) is 0. The Morgan fingerprint density at radius 2 is 0.953 bits per heavy atom. The maximum Gasteiger partial charge on any atom is 0.329 e. The highest BCUT2D eigenvalue weighted by Crippen LogP contribution is 2.39. The standard InChI is InChI=1S/C37H66N4O2/c1-3-4-5-6-7-8-9-10-19-28-37(2)35(42)40(29-38(31-20-11-12-21-31)32-22-13-14-23-32)36(43)41(37)30-39(33-24-15-16-25-33)34-26-17-18-27-34/h31-34H,3-30H2,1-2H3. The lowest BCUT2D eigenvalue weighted by atomic mass is 9.92. The Kier molecular flexibility index (Phi) is 12.7. The van der Waals surface area contributed by atoms with Gasteiger partial charge in [0.2, 0.25) is 0 Å². The third-order valence-electron chi connectivity index (χ3n) is 12.3. The Morgan fingerprint density at radius 3 is 1.37 bits per heavy atom. The summed E-state index contributed by atoms with van der Waals surface area (Å²) in [6.07, 6.45) is 32.6. The van der Waals surface area contributed by atoms with Crippen LogP contribution in [0.5, 0.6) is 0 Å². The van der Waals surface area contributed by atoms with Crippen LogP contribution in [0.1, 0.15) is 181 Å². The summed E-state index contributed by atoms with van der Waals surface area (Å²) >= 11 is 0. The number of hydrogen-bond donors (Lipinski definition) is 0. The van der Waals surface area contributed by atoms with Gasteiger partial charge in [0.1, 0.15) is 5.54 Å². The summed E-state index contributed by atoms with van der Waals surface area (Å²) in [5.41, 5.74) is -0.718. The lowest BCUT2D eigenvalue weighted by Gasteiger charge is -2.41. The van der Waals surface area contributed by atoms with Crippen molar-refractivity contribution < 1.29 is 9.59 Å². The van der Waals surface area contributed by atoms with Gasteiger partial charge >= 0.3 is 6.03 Å². The van der Waals surface area contributed by atoms with E-state index in [0.29, 0.717) is 37.5 Å². The highest BCUT2D eigenvalue weighted by atomic mass is 16.2. The second-order valence-electron chi connectivity index (χ2n) is 15.4. The molecule has 0 aromatic heterocycles. The van der Waals surface area contributed by atoms with Crippen LogP contribution < -0.4 is 0 Å². The molecule has 0 N–H and O–H groups in total. The molecule has 6 nitrogen and oxygen atoms in total. The highest BCUT2D eigenvalue weighted by molar-refractivity contribution is 6.06. The second-order valence-corrected chi connectivity index (χ2v) is 15.4. The fourth-order valence-electron chi connectivity index (χ4n) is 9.54. The average molecular weight is 599 g/mol. The summed E-state index contributed by atoms with van der Waals surface area (Å²) in [4.78, 5) is 38.2. The van der Waals surface area contributed by atoms with Crippen molar-refractivity contribution in [2.24, 2.45) is 0 Å². The van der Waals surface area contributed by atoms with Crippen molar-refractivity contribution in [2.45, 2.75) is 210 Å². The SMILES string of the molecule is CCCCCCCCCCCC1(C)C(=O)N(CN(C2CCCC2)C2CCCC2)C(=O)N1CN(C1CCCC1)C1CCCC1. The van der Waals surface area contributed by atoms with E-state index in [-0.39, 0.29) is 11.9 Å². The Morgan fingerprint density at radius 1 is 0.581 bits per heavy atom. The molecule has 1 heterocycles. The van der Waals surface area contributed by atoms with Gasteiger partial charge in [-0.25, -0.2) is 9.69 Å². The zero-order valence-corrected chi connectivity index (χ0v) is 28.2. The fraction of sp³-hybridized carbons (Fsp3) is 0.946. The molecule has 0 aromatic carbocycles. The minimum absolute atomic E-state index is 0.00501. The highest BCUT2D eigenvalue weighted by Gasteiger charge is 2.55. The van der Waals surface area contributed by atoms with E-state index in [2.05, 4.69) is 28.5 Å². The number of hydrogen-bond acceptors (Lipinski definition) is 4. The van der Waals surface area contributed by atoms with E-state index in [1.165, 1.54) is 154 Å². The molecule has 5 aliphatic rings. The monoisotopic (exact) mass is 599 g/mol. The number of imide groups is 1. The molecule has 1 atom stereocenters. The molecule has 1 unspecified atom stereocenters. The Hall–Kier alpha value is -1.14. The number of rotatable bonds is 18. The molecular weight excluding hydrogens is 532 g/mol. The Bertz CT molecular complexity index is 825.